The van der Waals surface area contributed by atoms with Gasteiger partial charge in [0.25, 0.3) is 5.91 Å². The first-order chi connectivity index (χ1) is 18.0. The Labute approximate surface area is 237 Å². The zero-order valence-electron chi connectivity index (χ0n) is 19.8. The summed E-state index contributed by atoms with van der Waals surface area (Å²) < 4.78 is 13.3. The summed E-state index contributed by atoms with van der Waals surface area (Å²) in [7, 11) is 0. The molecule has 0 fully saturated rings. The second kappa shape index (κ2) is 13.6. The number of hydrazone groups is 1. The van der Waals surface area contributed by atoms with Crippen molar-refractivity contribution in [3.05, 3.63) is 92.7 Å². The van der Waals surface area contributed by atoms with Crippen LogP contribution in [-0.2, 0) is 11.4 Å². The van der Waals surface area contributed by atoms with Crippen LogP contribution in [0.2, 0.25) is 5.02 Å². The van der Waals surface area contributed by atoms with Gasteiger partial charge in [0.2, 0.25) is 0 Å². The van der Waals surface area contributed by atoms with Crippen molar-refractivity contribution in [2.45, 2.75) is 17.9 Å². The van der Waals surface area contributed by atoms with E-state index in [2.05, 4.69) is 31.4 Å². The number of nitrogens with one attached hydrogen (secondary N) is 1. The van der Waals surface area contributed by atoms with E-state index in [4.69, 9.17) is 21.1 Å². The second-order valence-corrected chi connectivity index (χ2v) is 10.9. The van der Waals surface area contributed by atoms with Crippen LogP contribution < -0.4 is 14.9 Å². The molecule has 190 valence electrons. The quantitative estimate of drug-likeness (QED) is 0.108. The summed E-state index contributed by atoms with van der Waals surface area (Å²) in [5.74, 6) is 1.12. The molecule has 0 aliphatic rings. The van der Waals surface area contributed by atoms with Crippen LogP contribution in [0.3, 0.4) is 0 Å². The third-order valence-electron chi connectivity index (χ3n) is 4.94. The predicted octanol–water partition coefficient (Wildman–Crippen LogP) is 7.45. The Bertz CT molecular complexity index is 1380. The highest BCUT2D eigenvalue weighted by atomic mass is 79.9. The lowest BCUT2D eigenvalue weighted by Crippen LogP contribution is -2.19. The predicted molar refractivity (Wildman–Crippen MR) is 155 cm³/mol. The van der Waals surface area contributed by atoms with Crippen molar-refractivity contribution < 1.29 is 14.3 Å². The van der Waals surface area contributed by atoms with Crippen LogP contribution in [0.15, 0.2) is 86.0 Å². The molecule has 4 aromatic rings. The molecule has 0 radical (unpaired) electrons. The molecule has 0 spiro atoms. The van der Waals surface area contributed by atoms with E-state index in [0.717, 1.165) is 26.7 Å². The number of rotatable bonds is 11. The van der Waals surface area contributed by atoms with Crippen LogP contribution in [0.1, 0.15) is 18.1 Å². The van der Waals surface area contributed by atoms with Gasteiger partial charge in [-0.05, 0) is 46.6 Å². The zero-order chi connectivity index (χ0) is 26.0. The second-order valence-electron chi connectivity index (χ2n) is 7.59. The van der Waals surface area contributed by atoms with Gasteiger partial charge in [-0.2, -0.15) is 5.10 Å². The summed E-state index contributed by atoms with van der Waals surface area (Å²) in [6, 6.07) is 21.1. The van der Waals surface area contributed by atoms with E-state index in [9.17, 15) is 4.79 Å². The van der Waals surface area contributed by atoms with E-state index in [1.54, 1.807) is 12.3 Å². The molecule has 0 bridgehead atoms. The van der Waals surface area contributed by atoms with Gasteiger partial charge in [-0.15, -0.1) is 11.3 Å². The van der Waals surface area contributed by atoms with Gasteiger partial charge in [0.05, 0.1) is 28.7 Å². The number of nitrogens with zero attached hydrogens (tertiary/aromatic N) is 2. The number of benzene rings is 3. The number of hydrogen-bond acceptors (Lipinski definition) is 7. The maximum atomic E-state index is 12.3. The van der Waals surface area contributed by atoms with Gasteiger partial charge in [-0.3, -0.25) is 4.79 Å². The van der Waals surface area contributed by atoms with Crippen molar-refractivity contribution in [3.63, 3.8) is 0 Å². The first-order valence-electron chi connectivity index (χ1n) is 11.3. The first-order valence-corrected chi connectivity index (χ1v) is 14.3. The lowest BCUT2D eigenvalue weighted by molar-refractivity contribution is -0.118. The Kier molecular flexibility index (Phi) is 10.0. The smallest absolute Gasteiger partial charge is 0.250 e. The summed E-state index contributed by atoms with van der Waals surface area (Å²) in [6.07, 6.45) is 1.56. The van der Waals surface area contributed by atoms with Crippen molar-refractivity contribution in [1.29, 1.82) is 0 Å². The van der Waals surface area contributed by atoms with Gasteiger partial charge in [-0.1, -0.05) is 71.9 Å². The first kappa shape index (κ1) is 27.2. The molecule has 0 aliphatic heterocycles. The van der Waals surface area contributed by atoms with Crippen molar-refractivity contribution >= 4 is 62.8 Å². The zero-order valence-corrected chi connectivity index (χ0v) is 23.8. The minimum Gasteiger partial charge on any atom is -0.490 e. The lowest BCUT2D eigenvalue weighted by atomic mass is 10.2. The standard InChI is InChI=1S/C27H23BrClN3O3S2/c1-2-34-24-13-18(12-21(28)26(24)35-15-20-10-6-7-11-22(20)29)14-30-32-25(33)17-37-27-31-23(16-36-27)19-8-4-3-5-9-19/h3-14,16H,2,15,17H2,1H3,(H,32,33)/b30-14+. The third-order valence-corrected chi connectivity index (χ3v) is 7.92. The Morgan fingerprint density at radius 3 is 2.73 bits per heavy atom. The molecular formula is C27H23BrClN3O3S2. The molecule has 1 amide bonds. The highest BCUT2D eigenvalue weighted by molar-refractivity contribution is 9.10. The molecule has 1 aromatic heterocycles. The molecule has 0 saturated carbocycles. The van der Waals surface area contributed by atoms with Crippen molar-refractivity contribution in [2.75, 3.05) is 12.4 Å². The van der Waals surface area contributed by atoms with Crippen LogP contribution in [0.25, 0.3) is 11.3 Å². The monoisotopic (exact) mass is 615 g/mol. The number of hydrogen-bond donors (Lipinski definition) is 1. The molecule has 0 aliphatic carbocycles. The largest absolute Gasteiger partial charge is 0.490 e. The fourth-order valence-electron chi connectivity index (χ4n) is 3.23. The molecule has 10 heteroatoms. The summed E-state index contributed by atoms with van der Waals surface area (Å²) in [5.41, 5.74) is 6.13. The number of carbonyl (C=O) groups excluding carboxylic acids is 1. The number of thioether (sulfide) groups is 1. The van der Waals surface area contributed by atoms with Crippen LogP contribution in [0.5, 0.6) is 11.5 Å². The van der Waals surface area contributed by atoms with E-state index in [-0.39, 0.29) is 11.7 Å². The van der Waals surface area contributed by atoms with Gasteiger partial charge < -0.3 is 9.47 Å². The Hall–Kier alpha value is -2.85. The molecule has 4 rings (SSSR count). The van der Waals surface area contributed by atoms with Crippen LogP contribution in [0.4, 0.5) is 0 Å². The van der Waals surface area contributed by atoms with E-state index in [1.807, 2.05) is 73.0 Å². The summed E-state index contributed by atoms with van der Waals surface area (Å²) in [4.78, 5) is 16.9. The molecule has 0 atom stereocenters. The van der Waals surface area contributed by atoms with E-state index in [1.165, 1.54) is 23.1 Å². The molecule has 1 N–H and O–H groups in total. The van der Waals surface area contributed by atoms with Crippen molar-refractivity contribution in [1.82, 2.24) is 10.4 Å². The number of halogens is 2. The number of thiazole rings is 1. The number of amides is 1. The lowest BCUT2D eigenvalue weighted by Gasteiger charge is -2.15. The Morgan fingerprint density at radius 1 is 1.16 bits per heavy atom. The fraction of sp³-hybridized carbons (Fsp3) is 0.148. The van der Waals surface area contributed by atoms with Gasteiger partial charge in [0.1, 0.15) is 6.61 Å². The maximum Gasteiger partial charge on any atom is 0.250 e. The normalized spacial score (nSPS) is 11.0. The van der Waals surface area contributed by atoms with Crippen molar-refractivity contribution in [3.8, 4) is 22.8 Å². The third kappa shape index (κ3) is 7.82. The highest BCUT2D eigenvalue weighted by Crippen LogP contribution is 2.37. The van der Waals surface area contributed by atoms with E-state index in [0.29, 0.717) is 34.2 Å². The maximum absolute atomic E-state index is 12.3. The summed E-state index contributed by atoms with van der Waals surface area (Å²) in [5, 5.41) is 6.72. The van der Waals surface area contributed by atoms with E-state index < -0.39 is 0 Å². The Balaban J connectivity index is 1.33. The fourth-order valence-corrected chi connectivity index (χ4v) is 5.63. The SMILES string of the molecule is CCOc1cc(/C=N/NC(=O)CSc2nc(-c3ccccc3)cs2)cc(Br)c1OCc1ccccc1Cl. The molecule has 3 aromatic carbocycles. The summed E-state index contributed by atoms with van der Waals surface area (Å²) >= 11 is 12.7. The molecule has 6 nitrogen and oxygen atoms in total. The number of ether oxygens (including phenoxy) is 2. The van der Waals surface area contributed by atoms with E-state index >= 15 is 0 Å². The average molecular weight is 617 g/mol. The minimum atomic E-state index is -0.221. The van der Waals surface area contributed by atoms with Crippen LogP contribution in [-0.4, -0.2) is 29.5 Å². The van der Waals surface area contributed by atoms with Gasteiger partial charge in [0, 0.05) is 21.5 Å². The molecule has 1 heterocycles. The minimum absolute atomic E-state index is 0.210. The highest BCUT2D eigenvalue weighted by Gasteiger charge is 2.13. The average Bonchev–Trinajstić information content (AvgIpc) is 3.38. The molecular weight excluding hydrogens is 594 g/mol. The molecule has 37 heavy (non-hydrogen) atoms. The molecule has 0 saturated heterocycles. The number of aromatic nitrogens is 1. The Morgan fingerprint density at radius 2 is 1.95 bits per heavy atom. The van der Waals surface area contributed by atoms with Gasteiger partial charge in [0.15, 0.2) is 15.8 Å². The topological polar surface area (TPSA) is 72.8 Å². The van der Waals surface area contributed by atoms with Gasteiger partial charge >= 0.3 is 0 Å². The van der Waals surface area contributed by atoms with Crippen LogP contribution >= 0.6 is 50.6 Å². The van der Waals surface area contributed by atoms with Gasteiger partial charge in [-0.25, -0.2) is 10.4 Å². The molecule has 0 unspecified atom stereocenters. The number of carbonyl (C=O) groups is 1. The summed E-state index contributed by atoms with van der Waals surface area (Å²) in [6.45, 7) is 2.66. The van der Waals surface area contributed by atoms with Crippen LogP contribution in [0, 0.1) is 0 Å². The van der Waals surface area contributed by atoms with Crippen molar-refractivity contribution in [2.24, 2.45) is 5.10 Å².